The van der Waals surface area contributed by atoms with Crippen LogP contribution in [0.15, 0.2) is 40.6 Å². The number of methoxy groups -OCH3 is 1. The van der Waals surface area contributed by atoms with Crippen LogP contribution in [0.3, 0.4) is 0 Å². The molecule has 1 aliphatic rings. The number of ether oxygens (including phenoxy) is 1. The summed E-state index contributed by atoms with van der Waals surface area (Å²) in [7, 11) is 1.24. The predicted octanol–water partition coefficient (Wildman–Crippen LogP) is 4.07. The first-order chi connectivity index (χ1) is 13.1. The number of carbonyl (C=O) groups is 2. The van der Waals surface area contributed by atoms with Gasteiger partial charge in [0, 0.05) is 18.6 Å². The van der Waals surface area contributed by atoms with E-state index in [4.69, 9.17) is 4.74 Å². The number of benzene rings is 1. The summed E-state index contributed by atoms with van der Waals surface area (Å²) in [6, 6.07) is 5.59. The molecule has 28 heavy (non-hydrogen) atoms. The van der Waals surface area contributed by atoms with Crippen molar-refractivity contribution in [2.24, 2.45) is 16.3 Å². The number of allylic oxidation sites excluding steroid dienone is 1. The van der Waals surface area contributed by atoms with Crippen molar-refractivity contribution in [1.82, 2.24) is 0 Å². The number of nitro benzene ring substituents is 1. The van der Waals surface area contributed by atoms with Crippen LogP contribution in [-0.4, -0.2) is 34.6 Å². The molecule has 0 saturated carbocycles. The van der Waals surface area contributed by atoms with E-state index in [2.05, 4.69) is 4.99 Å². The van der Waals surface area contributed by atoms with E-state index in [1.807, 2.05) is 6.92 Å². The third kappa shape index (κ3) is 4.27. The van der Waals surface area contributed by atoms with Crippen LogP contribution in [0.5, 0.6) is 0 Å². The second-order valence-electron chi connectivity index (χ2n) is 7.39. The summed E-state index contributed by atoms with van der Waals surface area (Å²) in [6.07, 6.45) is 1.04. The van der Waals surface area contributed by atoms with Crippen LogP contribution < -0.4 is 0 Å². The van der Waals surface area contributed by atoms with Crippen LogP contribution in [0, 0.1) is 21.4 Å². The average Bonchev–Trinajstić information content (AvgIpc) is 2.61. The van der Waals surface area contributed by atoms with Gasteiger partial charge in [0.15, 0.2) is 5.78 Å². The van der Waals surface area contributed by atoms with Gasteiger partial charge in [-0.2, -0.15) is 0 Å². The van der Waals surface area contributed by atoms with Gasteiger partial charge in [0.1, 0.15) is 11.7 Å². The van der Waals surface area contributed by atoms with Crippen molar-refractivity contribution >= 4 is 28.8 Å². The summed E-state index contributed by atoms with van der Waals surface area (Å²) >= 11 is 0. The predicted molar refractivity (Wildman–Crippen MR) is 104 cm³/mol. The summed E-state index contributed by atoms with van der Waals surface area (Å²) in [5, 5.41) is 21.6. The topological polar surface area (TPSA) is 119 Å². The molecule has 0 radical (unpaired) electrons. The average molecular weight is 388 g/mol. The Kier molecular flexibility index (Phi) is 6.33. The Balaban J connectivity index is 2.60. The number of hydrogen-bond acceptors (Lipinski definition) is 7. The van der Waals surface area contributed by atoms with E-state index in [1.54, 1.807) is 13.8 Å². The van der Waals surface area contributed by atoms with Gasteiger partial charge in [-0.1, -0.05) is 20.8 Å². The molecular weight excluding hydrogens is 364 g/mol. The van der Waals surface area contributed by atoms with Gasteiger partial charge in [-0.15, -0.1) is 0 Å². The smallest absolute Gasteiger partial charge is 0.316 e. The highest BCUT2D eigenvalue weighted by Crippen LogP contribution is 2.43. The molecule has 0 fully saturated rings. The zero-order valence-electron chi connectivity index (χ0n) is 16.4. The molecule has 2 rings (SSSR count). The molecule has 0 amide bonds. The van der Waals surface area contributed by atoms with E-state index in [0.29, 0.717) is 17.8 Å². The lowest BCUT2D eigenvalue weighted by Crippen LogP contribution is -2.41. The molecule has 0 unspecified atom stereocenters. The number of hydrogen-bond donors (Lipinski definition) is 1. The summed E-state index contributed by atoms with van der Waals surface area (Å²) in [5.41, 5.74) is 0.0130. The third-order valence-corrected chi connectivity index (χ3v) is 4.74. The van der Waals surface area contributed by atoms with E-state index in [-0.39, 0.29) is 35.6 Å². The van der Waals surface area contributed by atoms with Gasteiger partial charge in [-0.3, -0.25) is 24.7 Å². The molecule has 0 heterocycles. The van der Waals surface area contributed by atoms with E-state index in [1.165, 1.54) is 31.4 Å². The number of non-ortho nitro benzene ring substituents is 1. The maximum Gasteiger partial charge on any atom is 0.316 e. The largest absolute Gasteiger partial charge is 0.511 e. The lowest BCUT2D eigenvalue weighted by Gasteiger charge is -2.37. The van der Waals surface area contributed by atoms with E-state index in [0.717, 1.165) is 0 Å². The van der Waals surface area contributed by atoms with Crippen molar-refractivity contribution in [3.63, 3.8) is 0 Å². The maximum atomic E-state index is 12.7. The molecule has 0 bridgehead atoms. The molecule has 1 aliphatic carbocycles. The van der Waals surface area contributed by atoms with Crippen molar-refractivity contribution < 1.29 is 24.4 Å². The standard InChI is InChI=1S/C20H24N2O6/c1-5-6-15(23)16-14(21-12-7-9-13(10-8-12)22(26)27)11-20(2,3)17(18(16)24)19(25)28-4/h7-10,17,24H,5-6,11H2,1-4H3/t17-/m1/s1. The number of aliphatic hydroxyl groups is 1. The Morgan fingerprint density at radius 3 is 2.43 bits per heavy atom. The summed E-state index contributed by atoms with van der Waals surface area (Å²) in [6.45, 7) is 5.42. The molecular formula is C20H24N2O6. The van der Waals surface area contributed by atoms with Crippen LogP contribution in [-0.2, 0) is 14.3 Å². The number of aliphatic imine (C=N–C) groups is 1. The van der Waals surface area contributed by atoms with Crippen molar-refractivity contribution in [2.75, 3.05) is 7.11 Å². The first kappa shape index (κ1) is 21.3. The molecule has 1 N–H and O–H groups in total. The van der Waals surface area contributed by atoms with Gasteiger partial charge in [-0.05, 0) is 30.4 Å². The molecule has 1 aromatic rings. The number of esters is 1. The minimum atomic E-state index is -0.968. The molecule has 1 atom stereocenters. The summed E-state index contributed by atoms with van der Waals surface area (Å²) in [4.78, 5) is 39.7. The fourth-order valence-electron chi connectivity index (χ4n) is 3.39. The van der Waals surface area contributed by atoms with Crippen molar-refractivity contribution in [2.45, 2.75) is 40.0 Å². The quantitative estimate of drug-likeness (QED) is 0.446. The zero-order chi connectivity index (χ0) is 21.1. The first-order valence-corrected chi connectivity index (χ1v) is 8.99. The number of ketones is 1. The fraction of sp³-hybridized carbons (Fsp3) is 0.450. The Hall–Kier alpha value is -3.03. The van der Waals surface area contributed by atoms with Gasteiger partial charge in [0.05, 0.1) is 29.0 Å². The molecule has 8 heteroatoms. The highest BCUT2D eigenvalue weighted by molar-refractivity contribution is 6.24. The van der Waals surface area contributed by atoms with Crippen LogP contribution in [0.4, 0.5) is 11.4 Å². The molecule has 150 valence electrons. The number of Topliss-reactive ketones (excluding diaryl/α,β-unsaturated/α-hetero) is 1. The van der Waals surface area contributed by atoms with E-state index in [9.17, 15) is 24.8 Å². The monoisotopic (exact) mass is 388 g/mol. The second kappa shape index (κ2) is 8.33. The highest BCUT2D eigenvalue weighted by Gasteiger charge is 2.47. The molecule has 0 saturated heterocycles. The van der Waals surface area contributed by atoms with Crippen LogP contribution in [0.25, 0.3) is 0 Å². The Labute approximate surface area is 163 Å². The normalized spacial score (nSPS) is 20.1. The van der Waals surface area contributed by atoms with Crippen LogP contribution in [0.1, 0.15) is 40.0 Å². The molecule has 0 spiro atoms. The zero-order valence-corrected chi connectivity index (χ0v) is 16.4. The minimum Gasteiger partial charge on any atom is -0.511 e. The number of carbonyl (C=O) groups excluding carboxylic acids is 2. The maximum absolute atomic E-state index is 12.7. The number of rotatable bonds is 6. The lowest BCUT2D eigenvalue weighted by molar-refractivity contribution is -0.384. The van der Waals surface area contributed by atoms with Gasteiger partial charge >= 0.3 is 5.97 Å². The molecule has 0 aliphatic heterocycles. The number of aliphatic hydroxyl groups excluding tert-OH is 1. The summed E-state index contributed by atoms with van der Waals surface area (Å²) < 4.78 is 4.82. The van der Waals surface area contributed by atoms with Gasteiger partial charge in [0.2, 0.25) is 0 Å². The number of nitrogens with zero attached hydrogens (tertiary/aromatic N) is 2. The Morgan fingerprint density at radius 2 is 1.93 bits per heavy atom. The van der Waals surface area contributed by atoms with Crippen molar-refractivity contribution in [3.05, 3.63) is 45.7 Å². The van der Waals surface area contributed by atoms with E-state index >= 15 is 0 Å². The highest BCUT2D eigenvalue weighted by atomic mass is 16.6. The van der Waals surface area contributed by atoms with Crippen molar-refractivity contribution in [3.8, 4) is 0 Å². The van der Waals surface area contributed by atoms with Gasteiger partial charge < -0.3 is 9.84 Å². The first-order valence-electron chi connectivity index (χ1n) is 8.99. The molecule has 0 aromatic heterocycles. The number of nitro groups is 1. The lowest BCUT2D eigenvalue weighted by atomic mass is 9.67. The third-order valence-electron chi connectivity index (χ3n) is 4.74. The Morgan fingerprint density at radius 1 is 1.32 bits per heavy atom. The minimum absolute atomic E-state index is 0.0370. The second-order valence-corrected chi connectivity index (χ2v) is 7.39. The summed E-state index contributed by atoms with van der Waals surface area (Å²) in [5.74, 6) is -2.21. The van der Waals surface area contributed by atoms with Crippen LogP contribution >= 0.6 is 0 Å². The molecule has 8 nitrogen and oxygen atoms in total. The van der Waals surface area contributed by atoms with Crippen molar-refractivity contribution in [1.29, 1.82) is 0 Å². The van der Waals surface area contributed by atoms with Gasteiger partial charge in [-0.25, -0.2) is 0 Å². The molecule has 1 aromatic carbocycles. The Bertz CT molecular complexity index is 852. The fourth-order valence-corrected chi connectivity index (χ4v) is 3.39. The van der Waals surface area contributed by atoms with E-state index < -0.39 is 22.2 Å². The van der Waals surface area contributed by atoms with Gasteiger partial charge in [0.25, 0.3) is 5.69 Å². The van der Waals surface area contributed by atoms with Crippen LogP contribution in [0.2, 0.25) is 0 Å². The SMILES string of the molecule is CCCC(=O)C1=C(O)[C@H](C(=O)OC)C(C)(C)CC1=Nc1ccc([N+](=O)[O-])cc1.